The van der Waals surface area contributed by atoms with Crippen LogP contribution in [0.5, 0.6) is 0 Å². The molecule has 3 nitrogen and oxygen atoms in total. The number of hydrogen-bond donors (Lipinski definition) is 2. The first-order chi connectivity index (χ1) is 8.08. The van der Waals surface area contributed by atoms with E-state index in [1.54, 1.807) is 0 Å². The second-order valence-electron chi connectivity index (χ2n) is 4.26. The van der Waals surface area contributed by atoms with E-state index in [4.69, 9.17) is 11.6 Å². The van der Waals surface area contributed by atoms with E-state index in [-0.39, 0.29) is 5.91 Å². The summed E-state index contributed by atoms with van der Waals surface area (Å²) in [5.41, 5.74) is 1.17. The van der Waals surface area contributed by atoms with Crippen LogP contribution in [0.25, 0.3) is 0 Å². The van der Waals surface area contributed by atoms with Crippen LogP contribution in [0.4, 0.5) is 0 Å². The summed E-state index contributed by atoms with van der Waals surface area (Å²) in [4.78, 5) is 11.4. The summed E-state index contributed by atoms with van der Waals surface area (Å²) in [6.07, 6.45) is 0.824. The van der Waals surface area contributed by atoms with Crippen molar-refractivity contribution in [3.63, 3.8) is 0 Å². The number of hydrogen-bond acceptors (Lipinski definition) is 2. The topological polar surface area (TPSA) is 41.1 Å². The number of rotatable bonds is 6. The Morgan fingerprint density at radius 2 is 1.94 bits per heavy atom. The van der Waals surface area contributed by atoms with Crippen LogP contribution in [0.3, 0.4) is 0 Å². The highest BCUT2D eigenvalue weighted by molar-refractivity contribution is 6.30. The molecule has 0 heterocycles. The molecule has 0 radical (unpaired) electrons. The van der Waals surface area contributed by atoms with Gasteiger partial charge in [0.05, 0.1) is 6.54 Å². The van der Waals surface area contributed by atoms with Crippen LogP contribution in [0.1, 0.15) is 19.4 Å². The molecular weight excluding hydrogens is 236 g/mol. The molecule has 1 amide bonds. The monoisotopic (exact) mass is 254 g/mol. The van der Waals surface area contributed by atoms with Crippen molar-refractivity contribution in [2.24, 2.45) is 0 Å². The maximum Gasteiger partial charge on any atom is 0.233 e. The lowest BCUT2D eigenvalue weighted by atomic mass is 10.1. The molecule has 0 aliphatic carbocycles. The van der Waals surface area contributed by atoms with Gasteiger partial charge in [-0.1, -0.05) is 37.6 Å². The Labute approximate surface area is 108 Å². The van der Waals surface area contributed by atoms with Gasteiger partial charge in [-0.15, -0.1) is 0 Å². The third kappa shape index (κ3) is 6.29. The number of carbonyl (C=O) groups is 1. The maximum absolute atomic E-state index is 11.4. The zero-order valence-electron chi connectivity index (χ0n) is 10.3. The van der Waals surface area contributed by atoms with Crippen LogP contribution in [-0.2, 0) is 11.2 Å². The first kappa shape index (κ1) is 14.0. The Kier molecular flexibility index (Phi) is 6.01. The smallest absolute Gasteiger partial charge is 0.233 e. The molecule has 0 spiro atoms. The Morgan fingerprint density at radius 3 is 2.53 bits per heavy atom. The van der Waals surface area contributed by atoms with Crippen LogP contribution in [0, 0.1) is 0 Å². The molecule has 0 fully saturated rings. The molecule has 4 heteroatoms. The summed E-state index contributed by atoms with van der Waals surface area (Å²) in [5, 5.41) is 6.67. The van der Waals surface area contributed by atoms with Crippen molar-refractivity contribution in [1.29, 1.82) is 0 Å². The van der Waals surface area contributed by atoms with Crippen molar-refractivity contribution < 1.29 is 4.79 Å². The highest BCUT2D eigenvalue weighted by atomic mass is 35.5. The van der Waals surface area contributed by atoms with Gasteiger partial charge in [0.2, 0.25) is 5.91 Å². The second kappa shape index (κ2) is 7.30. The van der Waals surface area contributed by atoms with E-state index >= 15 is 0 Å². The van der Waals surface area contributed by atoms with Gasteiger partial charge in [-0.3, -0.25) is 4.79 Å². The fourth-order valence-corrected chi connectivity index (χ4v) is 1.48. The average molecular weight is 255 g/mol. The normalized spacial score (nSPS) is 10.6. The Bertz CT molecular complexity index is 349. The third-order valence-corrected chi connectivity index (χ3v) is 2.57. The molecule has 1 aromatic carbocycles. The quantitative estimate of drug-likeness (QED) is 0.815. The van der Waals surface area contributed by atoms with Gasteiger partial charge in [-0.25, -0.2) is 0 Å². The molecule has 2 N–H and O–H groups in total. The third-order valence-electron chi connectivity index (χ3n) is 2.32. The van der Waals surface area contributed by atoms with Crippen molar-refractivity contribution >= 4 is 17.5 Å². The first-order valence-electron chi connectivity index (χ1n) is 5.82. The number of benzene rings is 1. The number of carbonyl (C=O) groups excluding carboxylic acids is 1. The second-order valence-corrected chi connectivity index (χ2v) is 4.70. The molecule has 0 aromatic heterocycles. The minimum atomic E-state index is 0.0349. The first-order valence-corrected chi connectivity index (χ1v) is 6.20. The van der Waals surface area contributed by atoms with Crippen molar-refractivity contribution in [3.8, 4) is 0 Å². The summed E-state index contributed by atoms with van der Waals surface area (Å²) in [6, 6.07) is 8.00. The number of nitrogens with one attached hydrogen (secondary N) is 2. The minimum absolute atomic E-state index is 0.0349. The Balaban J connectivity index is 2.19. The minimum Gasteiger partial charge on any atom is -0.355 e. The summed E-state index contributed by atoms with van der Waals surface area (Å²) in [6.45, 7) is 5.06. The molecule has 0 aliphatic heterocycles. The van der Waals surface area contributed by atoms with Crippen molar-refractivity contribution in [1.82, 2.24) is 10.6 Å². The molecule has 17 heavy (non-hydrogen) atoms. The van der Waals surface area contributed by atoms with Gasteiger partial charge in [0.15, 0.2) is 0 Å². The lowest BCUT2D eigenvalue weighted by Crippen LogP contribution is -2.37. The van der Waals surface area contributed by atoms with E-state index in [0.717, 1.165) is 11.4 Å². The predicted octanol–water partition coefficient (Wildman–Crippen LogP) is 2.00. The zero-order valence-corrected chi connectivity index (χ0v) is 11.1. The van der Waals surface area contributed by atoms with Gasteiger partial charge in [-0.05, 0) is 24.1 Å². The van der Waals surface area contributed by atoms with Gasteiger partial charge in [0.25, 0.3) is 0 Å². The van der Waals surface area contributed by atoms with E-state index in [0.29, 0.717) is 19.1 Å². The van der Waals surface area contributed by atoms with E-state index in [1.165, 1.54) is 5.56 Å². The van der Waals surface area contributed by atoms with Gasteiger partial charge in [0.1, 0.15) is 0 Å². The van der Waals surface area contributed by atoms with Crippen LogP contribution in [-0.4, -0.2) is 25.0 Å². The zero-order chi connectivity index (χ0) is 12.7. The fourth-order valence-electron chi connectivity index (χ4n) is 1.36. The molecule has 0 saturated heterocycles. The lowest BCUT2D eigenvalue weighted by molar-refractivity contribution is -0.120. The van der Waals surface area contributed by atoms with E-state index in [9.17, 15) is 4.79 Å². The summed E-state index contributed by atoms with van der Waals surface area (Å²) in [7, 11) is 0. The standard InChI is InChI=1S/C13H19ClN2O/c1-10(2)16-9-13(17)15-8-7-11-3-5-12(14)6-4-11/h3-6,10,16H,7-9H2,1-2H3,(H,15,17). The Morgan fingerprint density at radius 1 is 1.29 bits per heavy atom. The van der Waals surface area contributed by atoms with Crippen molar-refractivity contribution in [2.75, 3.05) is 13.1 Å². The van der Waals surface area contributed by atoms with E-state index in [2.05, 4.69) is 10.6 Å². The number of halogens is 1. The summed E-state index contributed by atoms with van der Waals surface area (Å²) in [5.74, 6) is 0.0349. The van der Waals surface area contributed by atoms with Crippen LogP contribution >= 0.6 is 11.6 Å². The largest absolute Gasteiger partial charge is 0.355 e. The molecule has 0 atom stereocenters. The molecule has 0 bridgehead atoms. The fraction of sp³-hybridized carbons (Fsp3) is 0.462. The molecular formula is C13H19ClN2O. The maximum atomic E-state index is 11.4. The number of amides is 1. The molecule has 94 valence electrons. The van der Waals surface area contributed by atoms with Crippen LogP contribution < -0.4 is 10.6 Å². The molecule has 0 aliphatic rings. The van der Waals surface area contributed by atoms with Crippen molar-refractivity contribution in [3.05, 3.63) is 34.9 Å². The molecule has 1 rings (SSSR count). The van der Waals surface area contributed by atoms with Crippen LogP contribution in [0.2, 0.25) is 5.02 Å². The highest BCUT2D eigenvalue weighted by Gasteiger charge is 2.01. The van der Waals surface area contributed by atoms with E-state index < -0.39 is 0 Å². The van der Waals surface area contributed by atoms with Gasteiger partial charge >= 0.3 is 0 Å². The highest BCUT2D eigenvalue weighted by Crippen LogP contribution is 2.09. The molecule has 0 saturated carbocycles. The van der Waals surface area contributed by atoms with Gasteiger partial charge < -0.3 is 10.6 Å². The summed E-state index contributed by atoms with van der Waals surface area (Å²) < 4.78 is 0. The molecule has 1 aromatic rings. The molecule has 0 unspecified atom stereocenters. The lowest BCUT2D eigenvalue weighted by Gasteiger charge is -2.08. The van der Waals surface area contributed by atoms with E-state index in [1.807, 2.05) is 38.1 Å². The van der Waals surface area contributed by atoms with Crippen LogP contribution in [0.15, 0.2) is 24.3 Å². The van der Waals surface area contributed by atoms with Crippen molar-refractivity contribution in [2.45, 2.75) is 26.3 Å². The van der Waals surface area contributed by atoms with Gasteiger partial charge in [-0.2, -0.15) is 0 Å². The summed E-state index contributed by atoms with van der Waals surface area (Å²) >= 11 is 5.79. The van der Waals surface area contributed by atoms with Gasteiger partial charge in [0, 0.05) is 17.6 Å². The predicted molar refractivity (Wildman–Crippen MR) is 71.3 cm³/mol. The Hall–Kier alpha value is -1.06. The SMILES string of the molecule is CC(C)NCC(=O)NCCc1ccc(Cl)cc1. The average Bonchev–Trinajstić information content (AvgIpc) is 2.29.